The van der Waals surface area contributed by atoms with Gasteiger partial charge in [0.2, 0.25) is 0 Å². The molecule has 8 heteroatoms. The molecule has 0 saturated heterocycles. The van der Waals surface area contributed by atoms with E-state index in [4.69, 9.17) is 4.52 Å². The standard InChI is InChI=1S/C16H21FN4OS.HI/c1-11-6-15(22-21-11)9-20-16(18-2)19-8-12-4-5-14(17)7-13(12)10-23-3;/h4-7H,8-10H2,1-3H3,(H2,18,19,20);1H. The van der Waals surface area contributed by atoms with Crippen LogP contribution in [0.2, 0.25) is 0 Å². The molecular formula is C16H22FIN4OS. The fraction of sp³-hybridized carbons (Fsp3) is 0.375. The van der Waals surface area contributed by atoms with Crippen LogP contribution >= 0.6 is 35.7 Å². The van der Waals surface area contributed by atoms with Crippen molar-refractivity contribution in [1.82, 2.24) is 15.8 Å². The van der Waals surface area contributed by atoms with Gasteiger partial charge in [-0.15, -0.1) is 24.0 Å². The van der Waals surface area contributed by atoms with E-state index in [1.807, 2.05) is 19.2 Å². The lowest BCUT2D eigenvalue weighted by Crippen LogP contribution is -2.36. The molecule has 0 spiro atoms. The van der Waals surface area contributed by atoms with E-state index < -0.39 is 0 Å². The SMILES string of the molecule is CN=C(NCc1cc(C)no1)NCc1ccc(F)cc1CSC.I. The fourth-order valence-electron chi connectivity index (χ4n) is 2.13. The number of aryl methyl sites for hydroxylation is 1. The summed E-state index contributed by atoms with van der Waals surface area (Å²) in [5.74, 6) is 1.97. The Balaban J connectivity index is 0.00000288. The maximum atomic E-state index is 13.4. The molecule has 2 N–H and O–H groups in total. The van der Waals surface area contributed by atoms with Crippen molar-refractivity contribution in [2.24, 2.45) is 4.99 Å². The molecule has 2 aromatic rings. The molecule has 132 valence electrons. The van der Waals surface area contributed by atoms with Crippen LogP contribution in [0.1, 0.15) is 22.6 Å². The molecular weight excluding hydrogens is 442 g/mol. The van der Waals surface area contributed by atoms with Crippen LogP contribution in [0.3, 0.4) is 0 Å². The second-order valence-electron chi connectivity index (χ2n) is 5.06. The van der Waals surface area contributed by atoms with Crippen molar-refractivity contribution in [3.05, 3.63) is 52.7 Å². The highest BCUT2D eigenvalue weighted by atomic mass is 127. The monoisotopic (exact) mass is 464 g/mol. The first kappa shape index (κ1) is 20.8. The number of hydrogen-bond donors (Lipinski definition) is 2. The number of guanidine groups is 1. The largest absolute Gasteiger partial charge is 0.359 e. The van der Waals surface area contributed by atoms with Crippen molar-refractivity contribution in [2.75, 3.05) is 13.3 Å². The molecule has 1 aromatic heterocycles. The highest BCUT2D eigenvalue weighted by Gasteiger charge is 2.06. The van der Waals surface area contributed by atoms with Crippen LogP contribution in [0.4, 0.5) is 4.39 Å². The quantitative estimate of drug-likeness (QED) is 0.390. The Bertz CT molecular complexity index is 678. The lowest BCUT2D eigenvalue weighted by molar-refractivity contribution is 0.376. The number of halogens is 2. The first-order valence-corrected chi connectivity index (χ1v) is 8.64. The molecule has 0 radical (unpaired) electrons. The van der Waals surface area contributed by atoms with Gasteiger partial charge < -0.3 is 15.2 Å². The highest BCUT2D eigenvalue weighted by molar-refractivity contribution is 14.0. The van der Waals surface area contributed by atoms with E-state index in [1.165, 1.54) is 6.07 Å². The highest BCUT2D eigenvalue weighted by Crippen LogP contribution is 2.16. The van der Waals surface area contributed by atoms with E-state index in [0.29, 0.717) is 19.0 Å². The van der Waals surface area contributed by atoms with Crippen LogP contribution in [0.5, 0.6) is 0 Å². The first-order chi connectivity index (χ1) is 11.1. The Hall–Kier alpha value is -1.29. The fourth-order valence-corrected chi connectivity index (χ4v) is 2.71. The summed E-state index contributed by atoms with van der Waals surface area (Å²) < 4.78 is 18.5. The van der Waals surface area contributed by atoms with Crippen molar-refractivity contribution in [3.63, 3.8) is 0 Å². The van der Waals surface area contributed by atoms with E-state index in [9.17, 15) is 4.39 Å². The summed E-state index contributed by atoms with van der Waals surface area (Å²) >= 11 is 1.67. The predicted molar refractivity (Wildman–Crippen MR) is 107 cm³/mol. The second kappa shape index (κ2) is 10.5. The number of aliphatic imine (C=N–C) groups is 1. The van der Waals surface area contributed by atoms with Gasteiger partial charge in [-0.25, -0.2) is 4.39 Å². The van der Waals surface area contributed by atoms with Gasteiger partial charge in [-0.2, -0.15) is 11.8 Å². The molecule has 0 aliphatic heterocycles. The summed E-state index contributed by atoms with van der Waals surface area (Å²) in [4.78, 5) is 4.17. The van der Waals surface area contributed by atoms with E-state index in [-0.39, 0.29) is 29.8 Å². The number of benzene rings is 1. The van der Waals surface area contributed by atoms with Gasteiger partial charge in [0.25, 0.3) is 0 Å². The van der Waals surface area contributed by atoms with Gasteiger partial charge in [0.05, 0.1) is 12.2 Å². The molecule has 0 unspecified atom stereocenters. The van der Waals surface area contributed by atoms with Gasteiger partial charge in [-0.3, -0.25) is 4.99 Å². The third-order valence-electron chi connectivity index (χ3n) is 3.24. The maximum absolute atomic E-state index is 13.4. The number of aromatic nitrogens is 1. The molecule has 0 atom stereocenters. The van der Waals surface area contributed by atoms with Crippen LogP contribution in [0, 0.1) is 12.7 Å². The second-order valence-corrected chi connectivity index (χ2v) is 5.93. The van der Waals surface area contributed by atoms with Crippen LogP contribution < -0.4 is 10.6 Å². The Morgan fingerprint density at radius 3 is 2.62 bits per heavy atom. The number of hydrogen-bond acceptors (Lipinski definition) is 4. The zero-order valence-electron chi connectivity index (χ0n) is 13.9. The zero-order chi connectivity index (χ0) is 16.7. The molecule has 1 heterocycles. The summed E-state index contributed by atoms with van der Waals surface area (Å²) in [5.41, 5.74) is 2.89. The lowest BCUT2D eigenvalue weighted by Gasteiger charge is -2.13. The molecule has 5 nitrogen and oxygen atoms in total. The summed E-state index contributed by atoms with van der Waals surface area (Å²) in [7, 11) is 1.70. The number of nitrogens with one attached hydrogen (secondary N) is 2. The van der Waals surface area contributed by atoms with E-state index in [1.54, 1.807) is 30.9 Å². The van der Waals surface area contributed by atoms with Crippen LogP contribution in [0.25, 0.3) is 0 Å². The maximum Gasteiger partial charge on any atom is 0.191 e. The normalized spacial score (nSPS) is 11.1. The minimum Gasteiger partial charge on any atom is -0.359 e. The van der Waals surface area contributed by atoms with Gasteiger partial charge >= 0.3 is 0 Å². The van der Waals surface area contributed by atoms with E-state index in [2.05, 4.69) is 20.8 Å². The number of rotatable bonds is 6. The average Bonchev–Trinajstić information content (AvgIpc) is 2.95. The van der Waals surface area contributed by atoms with Crippen LogP contribution in [-0.2, 0) is 18.8 Å². The summed E-state index contributed by atoms with van der Waals surface area (Å²) in [5, 5.41) is 10.2. The van der Waals surface area contributed by atoms with Gasteiger partial charge in [-0.05, 0) is 36.4 Å². The van der Waals surface area contributed by atoms with Crippen molar-refractivity contribution in [3.8, 4) is 0 Å². The minimum absolute atomic E-state index is 0. The topological polar surface area (TPSA) is 62.5 Å². The summed E-state index contributed by atoms with van der Waals surface area (Å²) in [6, 6.07) is 6.74. The third-order valence-corrected chi connectivity index (χ3v) is 3.84. The number of thioether (sulfide) groups is 1. The van der Waals surface area contributed by atoms with Crippen molar-refractivity contribution >= 4 is 41.7 Å². The molecule has 0 aliphatic rings. The summed E-state index contributed by atoms with van der Waals surface area (Å²) in [6.07, 6.45) is 2.00. The predicted octanol–water partition coefficient (Wildman–Crippen LogP) is 3.47. The van der Waals surface area contributed by atoms with Gasteiger partial charge in [0, 0.05) is 25.4 Å². The minimum atomic E-state index is -0.207. The van der Waals surface area contributed by atoms with E-state index in [0.717, 1.165) is 28.3 Å². The Kier molecular flexibility index (Phi) is 9.12. The summed E-state index contributed by atoms with van der Waals surface area (Å²) in [6.45, 7) is 2.95. The Labute approximate surface area is 162 Å². The molecule has 0 aliphatic carbocycles. The molecule has 2 rings (SSSR count). The molecule has 0 fully saturated rings. The molecule has 1 aromatic carbocycles. The van der Waals surface area contributed by atoms with Crippen molar-refractivity contribution in [1.29, 1.82) is 0 Å². The van der Waals surface area contributed by atoms with Crippen LogP contribution in [-0.4, -0.2) is 24.4 Å². The average molecular weight is 464 g/mol. The van der Waals surface area contributed by atoms with Gasteiger partial charge in [0.1, 0.15) is 5.82 Å². The number of nitrogens with zero attached hydrogens (tertiary/aromatic N) is 2. The van der Waals surface area contributed by atoms with Crippen LogP contribution in [0.15, 0.2) is 33.8 Å². The molecule has 0 amide bonds. The van der Waals surface area contributed by atoms with E-state index >= 15 is 0 Å². The smallest absolute Gasteiger partial charge is 0.191 e. The van der Waals surface area contributed by atoms with Gasteiger partial charge in [0.15, 0.2) is 11.7 Å². The lowest BCUT2D eigenvalue weighted by atomic mass is 10.1. The van der Waals surface area contributed by atoms with Crippen molar-refractivity contribution < 1.29 is 8.91 Å². The third kappa shape index (κ3) is 6.31. The molecule has 24 heavy (non-hydrogen) atoms. The Morgan fingerprint density at radius 2 is 2.00 bits per heavy atom. The van der Waals surface area contributed by atoms with Crippen molar-refractivity contribution in [2.45, 2.75) is 25.8 Å². The van der Waals surface area contributed by atoms with Gasteiger partial charge in [-0.1, -0.05) is 11.2 Å². The molecule has 0 saturated carbocycles. The Morgan fingerprint density at radius 1 is 1.25 bits per heavy atom. The molecule has 0 bridgehead atoms. The zero-order valence-corrected chi connectivity index (χ0v) is 17.1. The first-order valence-electron chi connectivity index (χ1n) is 7.25.